The highest BCUT2D eigenvalue weighted by Gasteiger charge is 2.45. The zero-order chi connectivity index (χ0) is 13.1. The first-order valence-electron chi connectivity index (χ1n) is 5.47. The van der Waals surface area contributed by atoms with Gasteiger partial charge in [-0.1, -0.05) is 25.3 Å². The number of alkyl halides is 3. The second-order valence-corrected chi connectivity index (χ2v) is 6.23. The molecule has 17 heavy (non-hydrogen) atoms. The van der Waals surface area contributed by atoms with Crippen molar-refractivity contribution in [1.29, 1.82) is 0 Å². The molecule has 0 saturated heterocycles. The van der Waals surface area contributed by atoms with Gasteiger partial charge < -0.3 is 4.89 Å². The van der Waals surface area contributed by atoms with Crippen LogP contribution < -0.4 is 0 Å². The van der Waals surface area contributed by atoms with Crippen molar-refractivity contribution in [3.8, 4) is 0 Å². The minimum Gasteiger partial charge on any atom is -0.324 e. The smallest absolute Gasteiger partial charge is 0.324 e. The van der Waals surface area contributed by atoms with Crippen LogP contribution in [0.25, 0.3) is 0 Å². The minimum absolute atomic E-state index is 0.440. The Hall–Kier alpha value is -0.320. The van der Waals surface area contributed by atoms with Crippen molar-refractivity contribution in [2.24, 2.45) is 0 Å². The summed E-state index contributed by atoms with van der Waals surface area (Å²) in [7, 11) is -4.23. The highest BCUT2D eigenvalue weighted by Crippen LogP contribution is 2.55. The molecular formula is C10H16F3O3P. The Morgan fingerprint density at radius 3 is 2.29 bits per heavy atom. The van der Waals surface area contributed by atoms with Gasteiger partial charge in [0, 0.05) is 0 Å². The van der Waals surface area contributed by atoms with Gasteiger partial charge in [0.1, 0.15) is 0 Å². The van der Waals surface area contributed by atoms with Crippen LogP contribution in [0.3, 0.4) is 0 Å². The molecule has 0 aromatic heterocycles. The average Bonchev–Trinajstić information content (AvgIpc) is 2.25. The largest absolute Gasteiger partial charge is 0.418 e. The molecule has 1 aliphatic carbocycles. The summed E-state index contributed by atoms with van der Waals surface area (Å²) >= 11 is 0. The first-order valence-corrected chi connectivity index (χ1v) is 7.12. The fourth-order valence-corrected chi connectivity index (χ4v) is 3.61. The first kappa shape index (κ1) is 14.7. The Morgan fingerprint density at radius 2 is 1.88 bits per heavy atom. The molecule has 3 nitrogen and oxygen atoms in total. The summed E-state index contributed by atoms with van der Waals surface area (Å²) in [6.45, 7) is 2.98. The third kappa shape index (κ3) is 4.12. The van der Waals surface area contributed by atoms with Crippen LogP contribution in [0, 0.1) is 0 Å². The van der Waals surface area contributed by atoms with E-state index in [0.29, 0.717) is 18.9 Å². The van der Waals surface area contributed by atoms with Crippen LogP contribution in [-0.4, -0.2) is 22.8 Å². The lowest BCUT2D eigenvalue weighted by Gasteiger charge is -2.28. The van der Waals surface area contributed by atoms with Crippen molar-refractivity contribution >= 4 is 7.60 Å². The highest BCUT2D eigenvalue weighted by molar-refractivity contribution is 7.53. The van der Waals surface area contributed by atoms with Crippen LogP contribution in [0.5, 0.6) is 0 Å². The molecule has 0 bridgehead atoms. The summed E-state index contributed by atoms with van der Waals surface area (Å²) in [5.74, 6) is 0. The Morgan fingerprint density at radius 1 is 1.35 bits per heavy atom. The van der Waals surface area contributed by atoms with Crippen LogP contribution in [0.15, 0.2) is 12.7 Å². The molecule has 1 N–H and O–H groups in total. The van der Waals surface area contributed by atoms with Crippen molar-refractivity contribution in [3.05, 3.63) is 12.7 Å². The highest BCUT2D eigenvalue weighted by atomic mass is 31.2. The number of hydrogen-bond donors (Lipinski definition) is 1. The molecule has 0 aliphatic heterocycles. The Balaban J connectivity index is 2.70. The van der Waals surface area contributed by atoms with Crippen LogP contribution >= 0.6 is 7.60 Å². The van der Waals surface area contributed by atoms with Crippen molar-refractivity contribution in [3.63, 3.8) is 0 Å². The van der Waals surface area contributed by atoms with E-state index < -0.39 is 25.5 Å². The first-order chi connectivity index (χ1) is 7.77. The lowest BCUT2D eigenvalue weighted by molar-refractivity contribution is -0.181. The Bertz CT molecular complexity index is 310. The molecule has 0 aromatic rings. The van der Waals surface area contributed by atoms with E-state index in [0.717, 1.165) is 19.3 Å². The SMILES string of the molecule is C=CC(OP(=O)(O)C1CCCCC1)C(F)(F)F. The Labute approximate surface area is 98.2 Å². The van der Waals surface area contributed by atoms with E-state index >= 15 is 0 Å². The molecule has 100 valence electrons. The molecule has 0 spiro atoms. The standard InChI is InChI=1S/C10H16F3O3P/c1-2-9(10(11,12)13)16-17(14,15)8-6-4-3-5-7-8/h2,8-9H,1,3-7H2,(H,14,15). The zero-order valence-electron chi connectivity index (χ0n) is 9.32. The molecule has 0 radical (unpaired) electrons. The van der Waals surface area contributed by atoms with Gasteiger partial charge in [0.05, 0.1) is 5.66 Å². The van der Waals surface area contributed by atoms with Gasteiger partial charge in [-0.25, -0.2) is 0 Å². The second-order valence-electron chi connectivity index (χ2n) is 4.16. The van der Waals surface area contributed by atoms with Crippen LogP contribution in [0.1, 0.15) is 32.1 Å². The van der Waals surface area contributed by atoms with Crippen LogP contribution in [-0.2, 0) is 9.09 Å². The van der Waals surface area contributed by atoms with E-state index in [1.54, 1.807) is 0 Å². The quantitative estimate of drug-likeness (QED) is 0.627. The van der Waals surface area contributed by atoms with Crippen molar-refractivity contribution in [2.75, 3.05) is 0 Å². The molecule has 1 aliphatic rings. The third-order valence-electron chi connectivity index (χ3n) is 2.84. The van der Waals surface area contributed by atoms with E-state index in [1.807, 2.05) is 0 Å². The average molecular weight is 272 g/mol. The fraction of sp³-hybridized carbons (Fsp3) is 0.800. The van der Waals surface area contributed by atoms with Crippen molar-refractivity contribution in [2.45, 2.75) is 50.0 Å². The van der Waals surface area contributed by atoms with Gasteiger partial charge in [-0.15, -0.1) is 6.58 Å². The Kier molecular flexibility index (Phi) is 4.81. The molecule has 2 atom stereocenters. The summed E-state index contributed by atoms with van der Waals surface area (Å²) < 4.78 is 53.3. The summed E-state index contributed by atoms with van der Waals surface area (Å²) in [6.07, 6.45) is -3.24. The predicted molar refractivity (Wildman–Crippen MR) is 57.8 cm³/mol. The van der Waals surface area contributed by atoms with E-state index in [-0.39, 0.29) is 0 Å². The molecule has 1 fully saturated rings. The zero-order valence-corrected chi connectivity index (χ0v) is 10.2. The maximum absolute atomic E-state index is 12.4. The van der Waals surface area contributed by atoms with Gasteiger partial charge in [-0.05, 0) is 12.8 Å². The molecule has 0 heterocycles. The monoisotopic (exact) mass is 272 g/mol. The van der Waals surface area contributed by atoms with Gasteiger partial charge in [0.15, 0.2) is 6.10 Å². The van der Waals surface area contributed by atoms with Crippen LogP contribution in [0.4, 0.5) is 13.2 Å². The lowest BCUT2D eigenvalue weighted by atomic mass is 10.0. The summed E-state index contributed by atoms with van der Waals surface area (Å²) in [5, 5.41) is 0. The van der Waals surface area contributed by atoms with E-state index in [1.165, 1.54) is 0 Å². The lowest BCUT2D eigenvalue weighted by Crippen LogP contribution is -2.30. The maximum Gasteiger partial charge on any atom is 0.418 e. The molecule has 0 amide bonds. The van der Waals surface area contributed by atoms with Crippen molar-refractivity contribution < 1.29 is 27.2 Å². The van der Waals surface area contributed by atoms with Gasteiger partial charge >= 0.3 is 13.8 Å². The number of halogens is 3. The van der Waals surface area contributed by atoms with Gasteiger partial charge in [-0.2, -0.15) is 13.2 Å². The van der Waals surface area contributed by atoms with Gasteiger partial charge in [0.25, 0.3) is 0 Å². The van der Waals surface area contributed by atoms with E-state index in [4.69, 9.17) is 0 Å². The third-order valence-corrected chi connectivity index (χ3v) is 4.81. The molecule has 2 unspecified atom stereocenters. The topological polar surface area (TPSA) is 46.5 Å². The maximum atomic E-state index is 12.4. The molecule has 1 saturated carbocycles. The second kappa shape index (κ2) is 5.55. The minimum atomic E-state index is -4.70. The van der Waals surface area contributed by atoms with E-state index in [2.05, 4.69) is 11.1 Å². The fourth-order valence-electron chi connectivity index (χ4n) is 1.89. The number of hydrogen-bond acceptors (Lipinski definition) is 2. The summed E-state index contributed by atoms with van der Waals surface area (Å²) in [6, 6.07) is 0. The normalized spacial score (nSPS) is 24.0. The number of rotatable bonds is 4. The van der Waals surface area contributed by atoms with Crippen molar-refractivity contribution in [1.82, 2.24) is 0 Å². The molecule has 0 aromatic carbocycles. The summed E-state index contributed by atoms with van der Waals surface area (Å²) in [5.41, 5.74) is -0.680. The summed E-state index contributed by atoms with van der Waals surface area (Å²) in [4.78, 5) is 9.59. The molecule has 1 rings (SSSR count). The van der Waals surface area contributed by atoms with Gasteiger partial charge in [0.2, 0.25) is 0 Å². The predicted octanol–water partition coefficient (Wildman–Crippen LogP) is 3.64. The van der Waals surface area contributed by atoms with Crippen LogP contribution in [0.2, 0.25) is 0 Å². The van der Waals surface area contributed by atoms with Gasteiger partial charge in [-0.3, -0.25) is 9.09 Å². The molecule has 7 heteroatoms. The van der Waals surface area contributed by atoms with E-state index in [9.17, 15) is 22.6 Å². The molecular weight excluding hydrogens is 256 g/mol.